The molecule has 0 unspecified atom stereocenters. The van der Waals surface area contributed by atoms with Gasteiger partial charge in [-0.1, -0.05) is 47.5 Å². The van der Waals surface area contributed by atoms with Gasteiger partial charge in [0.25, 0.3) is 11.8 Å². The minimum atomic E-state index is -0.833. The Bertz CT molecular complexity index is 1030. The summed E-state index contributed by atoms with van der Waals surface area (Å²) >= 11 is 11.9. The monoisotopic (exact) mass is 423 g/mol. The second-order valence-electron chi connectivity index (χ2n) is 6.13. The molecule has 2 N–H and O–H groups in total. The molecule has 0 fully saturated rings. The van der Waals surface area contributed by atoms with Crippen LogP contribution in [0, 0.1) is 11.3 Å². The number of hydrogen-bond acceptors (Lipinski definition) is 3. The Morgan fingerprint density at radius 1 is 0.793 bits per heavy atom. The highest BCUT2D eigenvalue weighted by Gasteiger charge is 2.19. The lowest BCUT2D eigenvalue weighted by Crippen LogP contribution is -2.41. The summed E-state index contributed by atoms with van der Waals surface area (Å²) < 4.78 is 0. The van der Waals surface area contributed by atoms with Gasteiger partial charge >= 0.3 is 0 Å². The van der Waals surface area contributed by atoms with Gasteiger partial charge in [0.05, 0.1) is 11.6 Å². The maximum Gasteiger partial charge on any atom is 0.253 e. The van der Waals surface area contributed by atoms with Gasteiger partial charge in [-0.3, -0.25) is 9.59 Å². The van der Waals surface area contributed by atoms with Crippen LogP contribution in [-0.2, 0) is 0 Å². The summed E-state index contributed by atoms with van der Waals surface area (Å²) in [7, 11) is 0. The number of hydrogen-bond donors (Lipinski definition) is 2. The second kappa shape index (κ2) is 9.24. The minimum absolute atomic E-state index is 0.355. The van der Waals surface area contributed by atoms with E-state index in [9.17, 15) is 9.59 Å². The Morgan fingerprint density at radius 3 is 1.69 bits per heavy atom. The van der Waals surface area contributed by atoms with Crippen LogP contribution in [-0.4, -0.2) is 11.8 Å². The first-order chi connectivity index (χ1) is 14.0. The van der Waals surface area contributed by atoms with Crippen LogP contribution in [0.15, 0.2) is 72.8 Å². The topological polar surface area (TPSA) is 82.0 Å². The molecule has 0 heterocycles. The van der Waals surface area contributed by atoms with Crippen LogP contribution in [0.3, 0.4) is 0 Å². The zero-order valence-corrected chi connectivity index (χ0v) is 16.5. The number of carbonyl (C=O) groups is 2. The normalized spacial score (nSPS) is 10.3. The van der Waals surface area contributed by atoms with Gasteiger partial charge in [0.15, 0.2) is 0 Å². The van der Waals surface area contributed by atoms with Crippen molar-refractivity contribution in [2.75, 3.05) is 0 Å². The van der Waals surface area contributed by atoms with Crippen molar-refractivity contribution in [3.63, 3.8) is 0 Å². The molecule has 0 spiro atoms. The molecule has 0 aromatic heterocycles. The highest BCUT2D eigenvalue weighted by atomic mass is 35.5. The smallest absolute Gasteiger partial charge is 0.253 e. The van der Waals surface area contributed by atoms with Gasteiger partial charge in [-0.15, -0.1) is 0 Å². The Hall–Kier alpha value is -3.33. The summed E-state index contributed by atoms with van der Waals surface area (Å²) in [6.07, 6.45) is -0.833. The van der Waals surface area contributed by atoms with Crippen molar-refractivity contribution < 1.29 is 9.59 Å². The molecule has 3 aromatic carbocycles. The van der Waals surface area contributed by atoms with Crippen LogP contribution in [0.1, 0.15) is 38.0 Å². The predicted molar refractivity (Wildman–Crippen MR) is 112 cm³/mol. The molecule has 0 saturated heterocycles. The van der Waals surface area contributed by atoms with E-state index in [4.69, 9.17) is 28.5 Å². The fraction of sp³-hybridized carbons (Fsp3) is 0.0455. The summed E-state index contributed by atoms with van der Waals surface area (Å²) in [5, 5.41) is 15.4. The summed E-state index contributed by atoms with van der Waals surface area (Å²) in [5.41, 5.74) is 1.78. The van der Waals surface area contributed by atoms with Gasteiger partial charge in [-0.05, 0) is 54.1 Å². The minimum Gasteiger partial charge on any atom is -0.328 e. The van der Waals surface area contributed by atoms with Crippen molar-refractivity contribution in [3.8, 4) is 6.07 Å². The Morgan fingerprint density at radius 2 is 1.28 bits per heavy atom. The number of benzene rings is 3. The first kappa shape index (κ1) is 20.4. The summed E-state index contributed by atoms with van der Waals surface area (Å²) in [4.78, 5) is 25.4. The quantitative estimate of drug-likeness (QED) is 0.582. The molecule has 3 rings (SSSR count). The average Bonchev–Trinajstić information content (AvgIpc) is 2.73. The summed E-state index contributed by atoms with van der Waals surface area (Å²) in [5.74, 6) is -0.818. The van der Waals surface area contributed by atoms with Gasteiger partial charge in [0.1, 0.15) is 6.17 Å². The molecule has 0 aliphatic rings. The van der Waals surface area contributed by atoms with E-state index in [2.05, 4.69) is 10.6 Å². The summed E-state index contributed by atoms with van der Waals surface area (Å²) in [6, 6.07) is 21.6. The molecule has 29 heavy (non-hydrogen) atoms. The van der Waals surface area contributed by atoms with Crippen LogP contribution in [0.5, 0.6) is 0 Å². The van der Waals surface area contributed by atoms with Crippen molar-refractivity contribution in [3.05, 3.63) is 105 Å². The van der Waals surface area contributed by atoms with Crippen LogP contribution >= 0.6 is 23.2 Å². The molecule has 2 amide bonds. The number of carbonyl (C=O) groups excluding carboxylic acids is 2. The molecule has 0 bridgehead atoms. The Balaban J connectivity index is 1.87. The zero-order chi connectivity index (χ0) is 20.8. The zero-order valence-electron chi connectivity index (χ0n) is 15.0. The molecule has 3 aromatic rings. The van der Waals surface area contributed by atoms with E-state index in [0.717, 1.165) is 0 Å². The lowest BCUT2D eigenvalue weighted by molar-refractivity contribution is 0.0883. The molecule has 0 aliphatic carbocycles. The van der Waals surface area contributed by atoms with Gasteiger partial charge in [0, 0.05) is 21.2 Å². The second-order valence-corrected chi connectivity index (χ2v) is 7.01. The highest BCUT2D eigenvalue weighted by Crippen LogP contribution is 2.17. The van der Waals surface area contributed by atoms with E-state index in [1.54, 1.807) is 60.7 Å². The van der Waals surface area contributed by atoms with E-state index in [0.29, 0.717) is 32.3 Å². The number of nitriles is 1. The average molecular weight is 424 g/mol. The lowest BCUT2D eigenvalue weighted by atomic mass is 10.1. The standard InChI is InChI=1S/C22H15Cl2N3O2/c23-18-5-1-3-16(11-18)21(28)26-20(15-9-7-14(13-25)8-10-15)27-22(29)17-4-2-6-19(24)12-17/h1-12,20H,(H,26,28)(H,27,29). The van der Waals surface area contributed by atoms with E-state index in [-0.39, 0.29) is 0 Å². The summed E-state index contributed by atoms with van der Waals surface area (Å²) in [6.45, 7) is 0. The molecule has 0 aliphatic heterocycles. The third kappa shape index (κ3) is 5.35. The molecule has 0 saturated carbocycles. The third-order valence-corrected chi connectivity index (χ3v) is 4.57. The van der Waals surface area contributed by atoms with Crippen LogP contribution < -0.4 is 10.6 Å². The van der Waals surface area contributed by atoms with Crippen molar-refractivity contribution in [2.45, 2.75) is 6.17 Å². The maximum atomic E-state index is 12.7. The SMILES string of the molecule is N#Cc1ccc(C(NC(=O)c2cccc(Cl)c2)NC(=O)c2cccc(Cl)c2)cc1. The van der Waals surface area contributed by atoms with Gasteiger partial charge in [-0.25, -0.2) is 0 Å². The number of rotatable bonds is 5. The van der Waals surface area contributed by atoms with Crippen molar-refractivity contribution >= 4 is 35.0 Å². The van der Waals surface area contributed by atoms with Gasteiger partial charge in [0.2, 0.25) is 0 Å². The maximum absolute atomic E-state index is 12.7. The Kier molecular flexibility index (Phi) is 6.50. The van der Waals surface area contributed by atoms with Crippen molar-refractivity contribution in [1.82, 2.24) is 10.6 Å². The molecular weight excluding hydrogens is 409 g/mol. The number of amides is 2. The number of nitrogens with zero attached hydrogens (tertiary/aromatic N) is 1. The number of nitrogens with one attached hydrogen (secondary N) is 2. The first-order valence-electron chi connectivity index (χ1n) is 8.59. The van der Waals surface area contributed by atoms with Crippen molar-refractivity contribution in [1.29, 1.82) is 5.26 Å². The molecular formula is C22H15Cl2N3O2. The van der Waals surface area contributed by atoms with Crippen LogP contribution in [0.2, 0.25) is 10.0 Å². The first-order valence-corrected chi connectivity index (χ1v) is 9.35. The molecule has 7 heteroatoms. The van der Waals surface area contributed by atoms with Crippen molar-refractivity contribution in [2.24, 2.45) is 0 Å². The molecule has 144 valence electrons. The van der Waals surface area contributed by atoms with E-state index in [1.807, 2.05) is 6.07 Å². The van der Waals surface area contributed by atoms with Gasteiger partial charge in [-0.2, -0.15) is 5.26 Å². The van der Waals surface area contributed by atoms with Crippen LogP contribution in [0.25, 0.3) is 0 Å². The fourth-order valence-electron chi connectivity index (χ4n) is 2.64. The number of halogens is 2. The highest BCUT2D eigenvalue weighted by molar-refractivity contribution is 6.31. The largest absolute Gasteiger partial charge is 0.328 e. The van der Waals surface area contributed by atoms with Crippen LogP contribution in [0.4, 0.5) is 0 Å². The predicted octanol–water partition coefficient (Wildman–Crippen LogP) is 4.72. The fourth-order valence-corrected chi connectivity index (χ4v) is 3.02. The third-order valence-electron chi connectivity index (χ3n) is 4.10. The van der Waals surface area contributed by atoms with E-state index >= 15 is 0 Å². The Labute approximate surface area is 177 Å². The molecule has 0 atom stereocenters. The van der Waals surface area contributed by atoms with E-state index < -0.39 is 18.0 Å². The van der Waals surface area contributed by atoms with E-state index in [1.165, 1.54) is 12.1 Å². The van der Waals surface area contributed by atoms with Gasteiger partial charge < -0.3 is 10.6 Å². The molecule has 5 nitrogen and oxygen atoms in total. The lowest BCUT2D eigenvalue weighted by Gasteiger charge is -2.21. The molecule has 0 radical (unpaired) electrons.